The van der Waals surface area contributed by atoms with E-state index in [0.717, 1.165) is 12.0 Å². The fraction of sp³-hybridized carbons (Fsp3) is 0.412. The predicted molar refractivity (Wildman–Crippen MR) is 84.9 cm³/mol. The number of rotatable bonds is 8. The molecule has 118 valence electrons. The number of alkyl carbamates (subject to hydrolysis) is 1. The van der Waals surface area contributed by atoms with Crippen molar-refractivity contribution in [2.45, 2.75) is 26.4 Å². The average molecular weight is 302 g/mol. The van der Waals surface area contributed by atoms with Crippen molar-refractivity contribution in [3.05, 3.63) is 35.9 Å². The minimum atomic E-state index is -0.506. The van der Waals surface area contributed by atoms with Gasteiger partial charge in [-0.05, 0) is 12.0 Å². The van der Waals surface area contributed by atoms with Crippen LogP contribution in [0.4, 0.5) is 4.79 Å². The quantitative estimate of drug-likeness (QED) is 0.571. The summed E-state index contributed by atoms with van der Waals surface area (Å²) in [7, 11) is 0. The Labute approximate surface area is 131 Å². The minimum absolute atomic E-state index is 0.0382. The lowest BCUT2D eigenvalue weighted by molar-refractivity contribution is -0.121. The third-order valence-electron chi connectivity index (χ3n) is 3.09. The number of carbonyl (C=O) groups excluding carboxylic acids is 2. The van der Waals surface area contributed by atoms with Gasteiger partial charge in [-0.25, -0.2) is 4.79 Å². The van der Waals surface area contributed by atoms with Gasteiger partial charge in [-0.2, -0.15) is 0 Å². The molecular weight excluding hydrogens is 280 g/mol. The first kappa shape index (κ1) is 17.6. The molecule has 2 N–H and O–H groups in total. The van der Waals surface area contributed by atoms with Gasteiger partial charge in [0.1, 0.15) is 6.61 Å². The normalized spacial score (nSPS) is 11.1. The van der Waals surface area contributed by atoms with Crippen LogP contribution < -0.4 is 10.6 Å². The van der Waals surface area contributed by atoms with E-state index in [4.69, 9.17) is 11.2 Å². The second kappa shape index (κ2) is 10.3. The third-order valence-corrected chi connectivity index (χ3v) is 3.09. The molecule has 0 spiro atoms. The molecule has 1 aromatic rings. The fourth-order valence-corrected chi connectivity index (χ4v) is 1.76. The molecule has 0 aromatic heterocycles. The molecule has 2 amide bonds. The van der Waals surface area contributed by atoms with Crippen LogP contribution in [0.1, 0.15) is 25.3 Å². The summed E-state index contributed by atoms with van der Waals surface area (Å²) < 4.78 is 5.05. The summed E-state index contributed by atoms with van der Waals surface area (Å²) >= 11 is 0. The molecule has 0 bridgehead atoms. The van der Waals surface area contributed by atoms with Gasteiger partial charge in [0.25, 0.3) is 0 Å². The summed E-state index contributed by atoms with van der Waals surface area (Å²) in [6, 6.07) is 9.42. The molecule has 0 saturated carbocycles. The molecule has 0 radical (unpaired) electrons. The monoisotopic (exact) mass is 302 g/mol. The molecule has 5 heteroatoms. The van der Waals surface area contributed by atoms with Crippen LogP contribution in [-0.2, 0) is 16.1 Å². The van der Waals surface area contributed by atoms with Crippen LogP contribution in [0, 0.1) is 18.3 Å². The van der Waals surface area contributed by atoms with Gasteiger partial charge in [0.2, 0.25) is 5.91 Å². The van der Waals surface area contributed by atoms with E-state index in [1.165, 1.54) is 0 Å². The topological polar surface area (TPSA) is 67.4 Å². The van der Waals surface area contributed by atoms with E-state index in [0.29, 0.717) is 19.5 Å². The minimum Gasteiger partial charge on any atom is -0.445 e. The highest BCUT2D eigenvalue weighted by Crippen LogP contribution is 2.05. The molecule has 1 atom stereocenters. The van der Waals surface area contributed by atoms with E-state index in [1.54, 1.807) is 0 Å². The zero-order valence-corrected chi connectivity index (χ0v) is 12.8. The Hall–Kier alpha value is -2.48. The molecule has 0 aliphatic rings. The van der Waals surface area contributed by atoms with Gasteiger partial charge in [0.15, 0.2) is 0 Å². The average Bonchev–Trinajstić information content (AvgIpc) is 2.55. The van der Waals surface area contributed by atoms with E-state index >= 15 is 0 Å². The van der Waals surface area contributed by atoms with Gasteiger partial charge < -0.3 is 15.4 Å². The summed E-state index contributed by atoms with van der Waals surface area (Å²) in [5.41, 5.74) is 0.922. The van der Waals surface area contributed by atoms with E-state index in [2.05, 4.69) is 16.6 Å². The van der Waals surface area contributed by atoms with E-state index in [-0.39, 0.29) is 18.4 Å². The number of nitrogens with one attached hydrogen (secondary N) is 2. The molecule has 0 aliphatic heterocycles. The summed E-state index contributed by atoms with van der Waals surface area (Å²) in [5.74, 6) is 2.43. The number of terminal acetylenes is 1. The van der Waals surface area contributed by atoms with E-state index < -0.39 is 6.09 Å². The Morgan fingerprint density at radius 1 is 1.23 bits per heavy atom. The summed E-state index contributed by atoms with van der Waals surface area (Å²) in [6.07, 6.45) is 5.88. The maximum absolute atomic E-state index is 11.6. The van der Waals surface area contributed by atoms with Crippen molar-refractivity contribution in [2.75, 3.05) is 13.1 Å². The molecule has 5 nitrogen and oxygen atoms in total. The van der Waals surface area contributed by atoms with Crippen LogP contribution in [0.25, 0.3) is 0 Å². The van der Waals surface area contributed by atoms with Crippen LogP contribution in [0.15, 0.2) is 30.3 Å². The molecule has 0 saturated heterocycles. The summed E-state index contributed by atoms with van der Waals surface area (Å²) in [5, 5.41) is 5.28. The molecule has 0 heterocycles. The van der Waals surface area contributed by atoms with Gasteiger partial charge in [-0.15, -0.1) is 12.3 Å². The Morgan fingerprint density at radius 2 is 1.91 bits per heavy atom. The highest BCUT2D eigenvalue weighted by Gasteiger charge is 2.09. The smallest absolute Gasteiger partial charge is 0.407 e. The maximum atomic E-state index is 11.6. The van der Waals surface area contributed by atoms with Gasteiger partial charge >= 0.3 is 6.09 Å². The molecule has 0 aliphatic carbocycles. The number of hydrogen-bond acceptors (Lipinski definition) is 3. The van der Waals surface area contributed by atoms with E-state index in [9.17, 15) is 9.59 Å². The first-order valence-corrected chi connectivity index (χ1v) is 7.33. The SMILES string of the molecule is C#C[C@@H](CC)CC(=O)NCCNC(=O)OCc1ccccc1. The number of ether oxygens (including phenoxy) is 1. The molecule has 1 aromatic carbocycles. The van der Waals surface area contributed by atoms with Gasteiger partial charge in [-0.1, -0.05) is 37.3 Å². The van der Waals surface area contributed by atoms with Crippen LogP contribution in [0.2, 0.25) is 0 Å². The van der Waals surface area contributed by atoms with Crippen molar-refractivity contribution in [1.82, 2.24) is 10.6 Å². The second-order valence-electron chi connectivity index (χ2n) is 4.81. The maximum Gasteiger partial charge on any atom is 0.407 e. The number of hydrogen-bond donors (Lipinski definition) is 2. The lowest BCUT2D eigenvalue weighted by Gasteiger charge is -2.10. The number of carbonyl (C=O) groups is 2. The van der Waals surface area contributed by atoms with Crippen LogP contribution in [0.5, 0.6) is 0 Å². The molecule has 0 fully saturated rings. The summed E-state index contributed by atoms with van der Waals surface area (Å²) in [6.45, 7) is 2.83. The van der Waals surface area contributed by atoms with Gasteiger partial charge in [-0.3, -0.25) is 4.79 Å². The largest absolute Gasteiger partial charge is 0.445 e. The highest BCUT2D eigenvalue weighted by atomic mass is 16.5. The molecule has 22 heavy (non-hydrogen) atoms. The van der Waals surface area contributed by atoms with Crippen molar-refractivity contribution in [3.8, 4) is 12.3 Å². The van der Waals surface area contributed by atoms with Crippen molar-refractivity contribution < 1.29 is 14.3 Å². The Balaban J connectivity index is 2.10. The van der Waals surface area contributed by atoms with Gasteiger partial charge in [0, 0.05) is 25.4 Å². The molecule has 0 unspecified atom stereocenters. The lowest BCUT2D eigenvalue weighted by atomic mass is 10.0. The molecule has 1 rings (SSSR count). The van der Waals surface area contributed by atoms with Crippen molar-refractivity contribution >= 4 is 12.0 Å². The van der Waals surface area contributed by atoms with Crippen LogP contribution in [-0.4, -0.2) is 25.1 Å². The highest BCUT2D eigenvalue weighted by molar-refractivity contribution is 5.76. The fourth-order valence-electron chi connectivity index (χ4n) is 1.76. The first-order chi connectivity index (χ1) is 10.7. The zero-order valence-electron chi connectivity index (χ0n) is 12.8. The van der Waals surface area contributed by atoms with Gasteiger partial charge in [0.05, 0.1) is 0 Å². The van der Waals surface area contributed by atoms with Crippen molar-refractivity contribution in [1.29, 1.82) is 0 Å². The number of benzene rings is 1. The van der Waals surface area contributed by atoms with Crippen LogP contribution in [0.3, 0.4) is 0 Å². The lowest BCUT2D eigenvalue weighted by Crippen LogP contribution is -2.35. The molecular formula is C17H22N2O3. The Bertz CT molecular complexity index is 508. The summed E-state index contributed by atoms with van der Waals surface area (Å²) in [4.78, 5) is 23.0. The van der Waals surface area contributed by atoms with Crippen molar-refractivity contribution in [2.24, 2.45) is 5.92 Å². The standard InChI is InChI=1S/C17H22N2O3/c1-3-14(4-2)12-16(20)18-10-11-19-17(21)22-13-15-8-6-5-7-9-15/h1,5-9,14H,4,10-13H2,2H3,(H,18,20)(H,19,21)/t14-/m0/s1. The predicted octanol–water partition coefficient (Wildman–Crippen LogP) is 2.08. The second-order valence-corrected chi connectivity index (χ2v) is 4.81. The van der Waals surface area contributed by atoms with Crippen molar-refractivity contribution in [3.63, 3.8) is 0 Å². The number of amides is 2. The first-order valence-electron chi connectivity index (χ1n) is 7.33. The zero-order chi connectivity index (χ0) is 16.2. The Kier molecular flexibility index (Phi) is 8.21. The third kappa shape index (κ3) is 7.34. The Morgan fingerprint density at radius 3 is 2.55 bits per heavy atom. The van der Waals surface area contributed by atoms with Crippen LogP contribution >= 0.6 is 0 Å². The van der Waals surface area contributed by atoms with E-state index in [1.807, 2.05) is 37.3 Å².